The number of nitrogens with zero attached hydrogens (tertiary/aromatic N) is 3. The topological polar surface area (TPSA) is 82.2 Å². The van der Waals surface area contributed by atoms with E-state index in [2.05, 4.69) is 16.9 Å². The number of hydrogen-bond acceptors (Lipinski definition) is 5. The molecule has 1 aromatic carbocycles. The Bertz CT molecular complexity index is 749. The highest BCUT2D eigenvalue weighted by Crippen LogP contribution is 2.25. The van der Waals surface area contributed by atoms with E-state index in [0.717, 1.165) is 30.8 Å². The molecule has 2 N–H and O–H groups in total. The molecule has 2 aromatic rings. The number of pyridine rings is 1. The molecule has 1 aliphatic heterocycles. The molecule has 0 aliphatic carbocycles. The average molecular weight is 498 g/mol. The van der Waals surface area contributed by atoms with Gasteiger partial charge in [-0.2, -0.15) is 0 Å². The Hall–Kier alpha value is -2.07. The SMILES string of the molecule is CCCOc1ccc(Oc2ncccc2CN=C(N)N2CCOCC2)cc1.I. The minimum Gasteiger partial charge on any atom is -0.494 e. The molecule has 1 aromatic heterocycles. The zero-order chi connectivity index (χ0) is 18.9. The molecule has 7 nitrogen and oxygen atoms in total. The van der Waals surface area contributed by atoms with Gasteiger partial charge in [0.05, 0.1) is 26.4 Å². The molecule has 0 spiro atoms. The minimum atomic E-state index is 0. The van der Waals surface area contributed by atoms with Crippen LogP contribution in [0.2, 0.25) is 0 Å². The summed E-state index contributed by atoms with van der Waals surface area (Å²) in [7, 11) is 0. The standard InChI is InChI=1S/C20H26N4O3.HI/c1-2-12-26-17-5-7-18(8-6-17)27-19-16(4-3-9-22-19)15-23-20(21)24-10-13-25-14-11-24;/h3-9H,2,10-15H2,1H3,(H2,21,23);1H. The molecule has 152 valence electrons. The Morgan fingerprint density at radius 1 is 1.18 bits per heavy atom. The molecule has 2 heterocycles. The van der Waals surface area contributed by atoms with Crippen molar-refractivity contribution in [1.82, 2.24) is 9.88 Å². The van der Waals surface area contributed by atoms with Gasteiger partial charge in [0.2, 0.25) is 5.88 Å². The summed E-state index contributed by atoms with van der Waals surface area (Å²) in [6, 6.07) is 11.3. The first kappa shape index (κ1) is 22.2. The number of aliphatic imine (C=N–C) groups is 1. The van der Waals surface area contributed by atoms with Crippen molar-refractivity contribution in [2.45, 2.75) is 19.9 Å². The third-order valence-electron chi connectivity index (χ3n) is 4.11. The molecule has 1 aliphatic rings. The van der Waals surface area contributed by atoms with Gasteiger partial charge in [0.25, 0.3) is 0 Å². The third kappa shape index (κ3) is 6.52. The van der Waals surface area contributed by atoms with Gasteiger partial charge < -0.3 is 24.8 Å². The molecule has 0 bridgehead atoms. The first-order valence-electron chi connectivity index (χ1n) is 9.23. The van der Waals surface area contributed by atoms with Crippen molar-refractivity contribution < 1.29 is 14.2 Å². The van der Waals surface area contributed by atoms with Crippen LogP contribution in [-0.4, -0.2) is 48.8 Å². The van der Waals surface area contributed by atoms with E-state index < -0.39 is 0 Å². The van der Waals surface area contributed by atoms with Crippen molar-refractivity contribution in [3.63, 3.8) is 0 Å². The summed E-state index contributed by atoms with van der Waals surface area (Å²) in [4.78, 5) is 10.9. The fourth-order valence-corrected chi connectivity index (χ4v) is 2.63. The van der Waals surface area contributed by atoms with E-state index in [1.165, 1.54) is 0 Å². The number of halogens is 1. The van der Waals surface area contributed by atoms with Crippen LogP contribution in [0.3, 0.4) is 0 Å². The summed E-state index contributed by atoms with van der Waals surface area (Å²) < 4.78 is 16.9. The highest BCUT2D eigenvalue weighted by atomic mass is 127. The summed E-state index contributed by atoms with van der Waals surface area (Å²) in [5.41, 5.74) is 6.98. The quantitative estimate of drug-likeness (QED) is 0.358. The molecule has 0 amide bonds. The van der Waals surface area contributed by atoms with Crippen LogP contribution in [0.1, 0.15) is 18.9 Å². The van der Waals surface area contributed by atoms with Crippen LogP contribution in [0.4, 0.5) is 0 Å². The van der Waals surface area contributed by atoms with Crippen LogP contribution in [0.5, 0.6) is 17.4 Å². The number of guanidine groups is 1. The smallest absolute Gasteiger partial charge is 0.224 e. The van der Waals surface area contributed by atoms with Crippen molar-refractivity contribution in [2.75, 3.05) is 32.9 Å². The van der Waals surface area contributed by atoms with Gasteiger partial charge in [-0.05, 0) is 36.8 Å². The van der Waals surface area contributed by atoms with Gasteiger partial charge in [-0.3, -0.25) is 0 Å². The number of benzene rings is 1. The second kappa shape index (κ2) is 11.7. The van der Waals surface area contributed by atoms with Gasteiger partial charge in [-0.25, -0.2) is 9.98 Å². The van der Waals surface area contributed by atoms with Gasteiger partial charge in [-0.1, -0.05) is 13.0 Å². The van der Waals surface area contributed by atoms with Crippen LogP contribution in [0.15, 0.2) is 47.6 Å². The van der Waals surface area contributed by atoms with Crippen molar-refractivity contribution >= 4 is 29.9 Å². The van der Waals surface area contributed by atoms with Crippen LogP contribution >= 0.6 is 24.0 Å². The fourth-order valence-electron chi connectivity index (χ4n) is 2.63. The van der Waals surface area contributed by atoms with Crippen molar-refractivity contribution in [1.29, 1.82) is 0 Å². The number of hydrogen-bond donors (Lipinski definition) is 1. The summed E-state index contributed by atoms with van der Waals surface area (Å²) in [6.07, 6.45) is 2.68. The van der Waals surface area contributed by atoms with Gasteiger partial charge >= 0.3 is 0 Å². The van der Waals surface area contributed by atoms with Gasteiger partial charge in [0.1, 0.15) is 11.5 Å². The largest absolute Gasteiger partial charge is 0.494 e. The molecule has 0 unspecified atom stereocenters. The second-order valence-corrected chi connectivity index (χ2v) is 6.16. The highest BCUT2D eigenvalue weighted by molar-refractivity contribution is 14.0. The molecule has 1 fully saturated rings. The number of nitrogens with two attached hydrogens (primary N) is 1. The molecule has 8 heteroatoms. The Balaban J connectivity index is 0.00000280. The van der Waals surface area contributed by atoms with Crippen LogP contribution in [0, 0.1) is 0 Å². The molecule has 28 heavy (non-hydrogen) atoms. The van der Waals surface area contributed by atoms with Crippen LogP contribution in [-0.2, 0) is 11.3 Å². The van der Waals surface area contributed by atoms with E-state index in [0.29, 0.717) is 44.0 Å². The van der Waals surface area contributed by atoms with Gasteiger partial charge in [0, 0.05) is 24.8 Å². The molecule has 0 saturated carbocycles. The Morgan fingerprint density at radius 3 is 2.61 bits per heavy atom. The first-order valence-corrected chi connectivity index (χ1v) is 9.23. The monoisotopic (exact) mass is 498 g/mol. The lowest BCUT2D eigenvalue weighted by Gasteiger charge is -2.27. The Morgan fingerprint density at radius 2 is 1.89 bits per heavy atom. The fraction of sp³-hybridized carbons (Fsp3) is 0.400. The lowest BCUT2D eigenvalue weighted by Crippen LogP contribution is -2.44. The lowest BCUT2D eigenvalue weighted by atomic mass is 10.2. The molecule has 0 atom stereocenters. The normalized spacial score (nSPS) is 14.3. The molecule has 3 rings (SSSR count). The zero-order valence-electron chi connectivity index (χ0n) is 16.0. The molecule has 1 saturated heterocycles. The van der Waals surface area contributed by atoms with E-state index in [9.17, 15) is 0 Å². The second-order valence-electron chi connectivity index (χ2n) is 6.16. The summed E-state index contributed by atoms with van der Waals surface area (Å²) >= 11 is 0. The number of ether oxygens (including phenoxy) is 3. The average Bonchev–Trinajstić information content (AvgIpc) is 2.73. The molecular formula is C20H27IN4O3. The minimum absolute atomic E-state index is 0. The summed E-state index contributed by atoms with van der Waals surface area (Å²) in [6.45, 7) is 6.06. The van der Waals surface area contributed by atoms with E-state index in [4.69, 9.17) is 19.9 Å². The van der Waals surface area contributed by atoms with Crippen molar-refractivity contribution in [3.8, 4) is 17.4 Å². The highest BCUT2D eigenvalue weighted by Gasteiger charge is 2.13. The predicted molar refractivity (Wildman–Crippen MR) is 120 cm³/mol. The predicted octanol–water partition coefficient (Wildman–Crippen LogP) is 3.43. The molecule has 0 radical (unpaired) electrons. The van der Waals surface area contributed by atoms with Crippen molar-refractivity contribution in [3.05, 3.63) is 48.2 Å². The third-order valence-corrected chi connectivity index (χ3v) is 4.11. The maximum atomic E-state index is 6.10. The number of morpholine rings is 1. The Kier molecular flexibility index (Phi) is 9.29. The number of rotatable bonds is 7. The van der Waals surface area contributed by atoms with Gasteiger partial charge in [-0.15, -0.1) is 24.0 Å². The summed E-state index contributed by atoms with van der Waals surface area (Å²) in [5, 5.41) is 0. The maximum absolute atomic E-state index is 6.10. The summed E-state index contributed by atoms with van der Waals surface area (Å²) in [5.74, 6) is 2.57. The van der Waals surface area contributed by atoms with E-state index in [-0.39, 0.29) is 24.0 Å². The van der Waals surface area contributed by atoms with Crippen molar-refractivity contribution in [2.24, 2.45) is 10.7 Å². The van der Waals surface area contributed by atoms with Crippen LogP contribution in [0.25, 0.3) is 0 Å². The first-order chi connectivity index (χ1) is 13.3. The van der Waals surface area contributed by atoms with Gasteiger partial charge in [0.15, 0.2) is 5.96 Å². The van der Waals surface area contributed by atoms with E-state index in [1.807, 2.05) is 41.3 Å². The maximum Gasteiger partial charge on any atom is 0.224 e. The van der Waals surface area contributed by atoms with E-state index >= 15 is 0 Å². The molecular weight excluding hydrogens is 471 g/mol. The lowest BCUT2D eigenvalue weighted by molar-refractivity contribution is 0.0674. The Labute approximate surface area is 182 Å². The number of aromatic nitrogens is 1. The van der Waals surface area contributed by atoms with E-state index in [1.54, 1.807) is 6.20 Å². The zero-order valence-corrected chi connectivity index (χ0v) is 18.4. The van der Waals surface area contributed by atoms with Crippen LogP contribution < -0.4 is 15.2 Å².